The Morgan fingerprint density at radius 1 is 1.60 bits per heavy atom. The van der Waals surface area contributed by atoms with E-state index in [9.17, 15) is 4.79 Å². The van der Waals surface area contributed by atoms with Crippen molar-refractivity contribution in [1.82, 2.24) is 14.5 Å². The fourth-order valence-corrected chi connectivity index (χ4v) is 2.13. The van der Waals surface area contributed by atoms with Crippen molar-refractivity contribution in [2.45, 2.75) is 19.5 Å². The van der Waals surface area contributed by atoms with E-state index in [4.69, 9.17) is 0 Å². The molecular formula is C10H12N4O. The number of rotatable bonds is 0. The van der Waals surface area contributed by atoms with Crippen molar-refractivity contribution in [2.75, 3.05) is 11.9 Å². The summed E-state index contributed by atoms with van der Waals surface area (Å²) in [7, 11) is 1.97. The molecule has 3 rings (SSSR count). The molecule has 0 radical (unpaired) electrons. The highest BCUT2D eigenvalue weighted by molar-refractivity contribution is 5.87. The molecule has 1 aliphatic heterocycles. The standard InChI is InChI=1S/C10H12N4O/c1-6-5-14-4-3-7-8(14)9(13(6)2)12-10(15)11-7/h3-4,6H,5H2,1-2H3,(H,11,12,15)/t6-/m1/s1. The number of anilines is 1. The lowest BCUT2D eigenvalue weighted by molar-refractivity contribution is 0.553. The molecule has 0 aliphatic carbocycles. The highest BCUT2D eigenvalue weighted by atomic mass is 16.1. The maximum Gasteiger partial charge on any atom is 0.347 e. The van der Waals surface area contributed by atoms with Crippen LogP contribution in [0.25, 0.3) is 11.0 Å². The second kappa shape index (κ2) is 2.62. The number of likely N-dealkylation sites (N-methyl/N-ethyl adjacent to an activating group) is 1. The molecule has 0 saturated heterocycles. The Bertz CT molecular complexity index is 583. The van der Waals surface area contributed by atoms with Crippen molar-refractivity contribution in [2.24, 2.45) is 0 Å². The molecule has 5 heteroatoms. The molecule has 0 unspecified atom stereocenters. The number of aromatic nitrogens is 3. The quantitative estimate of drug-likeness (QED) is 0.682. The number of H-pyrrole nitrogens is 1. The SMILES string of the molecule is C[C@@H]1Cn2ccc3[nH]c(=O)nc(c32)N1C. The van der Waals surface area contributed by atoms with Crippen LogP contribution in [0.15, 0.2) is 17.1 Å². The summed E-state index contributed by atoms with van der Waals surface area (Å²) in [6.07, 6.45) is 2.00. The molecule has 5 nitrogen and oxygen atoms in total. The van der Waals surface area contributed by atoms with Gasteiger partial charge in [-0.15, -0.1) is 0 Å². The van der Waals surface area contributed by atoms with Crippen LogP contribution in [-0.4, -0.2) is 27.6 Å². The van der Waals surface area contributed by atoms with Crippen LogP contribution in [0.1, 0.15) is 6.92 Å². The van der Waals surface area contributed by atoms with Crippen LogP contribution in [0.2, 0.25) is 0 Å². The van der Waals surface area contributed by atoms with Crippen LogP contribution >= 0.6 is 0 Å². The normalized spacial score (nSPS) is 19.9. The number of hydrogen-bond donors (Lipinski definition) is 1. The molecule has 2 aromatic rings. The minimum absolute atomic E-state index is 0.281. The van der Waals surface area contributed by atoms with Gasteiger partial charge in [0.1, 0.15) is 5.52 Å². The molecule has 0 bridgehead atoms. The molecule has 15 heavy (non-hydrogen) atoms. The van der Waals surface area contributed by atoms with Gasteiger partial charge in [-0.05, 0) is 13.0 Å². The minimum Gasteiger partial charge on any atom is -0.353 e. The van der Waals surface area contributed by atoms with Crippen molar-refractivity contribution >= 4 is 16.9 Å². The smallest absolute Gasteiger partial charge is 0.347 e. The van der Waals surface area contributed by atoms with Crippen LogP contribution in [0.4, 0.5) is 5.82 Å². The van der Waals surface area contributed by atoms with Crippen LogP contribution in [-0.2, 0) is 6.54 Å². The Morgan fingerprint density at radius 3 is 3.20 bits per heavy atom. The van der Waals surface area contributed by atoms with Gasteiger partial charge in [-0.25, -0.2) is 4.79 Å². The molecule has 1 N–H and O–H groups in total. The zero-order valence-electron chi connectivity index (χ0n) is 8.69. The highest BCUT2D eigenvalue weighted by Gasteiger charge is 2.23. The van der Waals surface area contributed by atoms with Crippen LogP contribution in [0.5, 0.6) is 0 Å². The minimum atomic E-state index is -0.281. The molecule has 0 amide bonds. The van der Waals surface area contributed by atoms with Gasteiger partial charge in [-0.1, -0.05) is 0 Å². The van der Waals surface area contributed by atoms with Crippen LogP contribution in [0, 0.1) is 0 Å². The van der Waals surface area contributed by atoms with E-state index in [1.807, 2.05) is 19.3 Å². The molecular weight excluding hydrogens is 192 g/mol. The summed E-state index contributed by atoms with van der Waals surface area (Å²) >= 11 is 0. The topological polar surface area (TPSA) is 53.9 Å². The molecule has 1 atom stereocenters. The average molecular weight is 204 g/mol. The van der Waals surface area contributed by atoms with E-state index in [0.717, 1.165) is 23.4 Å². The van der Waals surface area contributed by atoms with E-state index in [1.54, 1.807) is 0 Å². The van der Waals surface area contributed by atoms with E-state index in [2.05, 4.69) is 26.4 Å². The van der Waals surface area contributed by atoms with E-state index >= 15 is 0 Å². The first-order valence-electron chi connectivity index (χ1n) is 4.99. The molecule has 78 valence electrons. The number of nitrogens with one attached hydrogen (secondary N) is 1. The van der Waals surface area contributed by atoms with Crippen molar-refractivity contribution in [3.8, 4) is 0 Å². The van der Waals surface area contributed by atoms with E-state index in [1.165, 1.54) is 0 Å². The summed E-state index contributed by atoms with van der Waals surface area (Å²) in [6, 6.07) is 2.29. The summed E-state index contributed by atoms with van der Waals surface area (Å²) in [5.74, 6) is 0.775. The summed E-state index contributed by atoms with van der Waals surface area (Å²) in [6.45, 7) is 3.05. The largest absolute Gasteiger partial charge is 0.353 e. The first-order valence-corrected chi connectivity index (χ1v) is 4.99. The van der Waals surface area contributed by atoms with Gasteiger partial charge in [0, 0.05) is 25.8 Å². The second-order valence-electron chi connectivity index (χ2n) is 4.06. The van der Waals surface area contributed by atoms with Gasteiger partial charge < -0.3 is 14.5 Å². The average Bonchev–Trinajstić information content (AvgIpc) is 2.57. The second-order valence-corrected chi connectivity index (χ2v) is 4.06. The molecule has 0 aromatic carbocycles. The van der Waals surface area contributed by atoms with Gasteiger partial charge in [-0.2, -0.15) is 4.98 Å². The fourth-order valence-electron chi connectivity index (χ4n) is 2.13. The lowest BCUT2D eigenvalue weighted by Crippen LogP contribution is -2.38. The van der Waals surface area contributed by atoms with Gasteiger partial charge in [0.25, 0.3) is 0 Å². The zero-order chi connectivity index (χ0) is 10.6. The molecule has 2 aromatic heterocycles. The first-order chi connectivity index (χ1) is 7.16. The fraction of sp³-hybridized carbons (Fsp3) is 0.400. The molecule has 0 fully saturated rings. The predicted octanol–water partition coefficient (Wildman–Crippen LogP) is 0.563. The first kappa shape index (κ1) is 8.52. The number of nitrogens with zero attached hydrogens (tertiary/aromatic N) is 3. The summed E-state index contributed by atoms with van der Waals surface area (Å²) in [4.78, 5) is 20.2. The Labute approximate surface area is 86.3 Å². The lowest BCUT2D eigenvalue weighted by Gasteiger charge is -2.31. The maximum atomic E-state index is 11.3. The number of aromatic amines is 1. The summed E-state index contributed by atoms with van der Waals surface area (Å²) in [5.41, 5.74) is 1.61. The van der Waals surface area contributed by atoms with E-state index in [0.29, 0.717) is 6.04 Å². The zero-order valence-corrected chi connectivity index (χ0v) is 8.69. The third kappa shape index (κ3) is 1.03. The highest BCUT2D eigenvalue weighted by Crippen LogP contribution is 2.28. The van der Waals surface area contributed by atoms with Crippen molar-refractivity contribution in [1.29, 1.82) is 0 Å². The number of hydrogen-bond acceptors (Lipinski definition) is 3. The molecule has 0 saturated carbocycles. The van der Waals surface area contributed by atoms with Gasteiger partial charge in [0.15, 0.2) is 5.82 Å². The Morgan fingerprint density at radius 2 is 2.40 bits per heavy atom. The monoisotopic (exact) mass is 204 g/mol. The third-order valence-corrected chi connectivity index (χ3v) is 3.08. The van der Waals surface area contributed by atoms with Crippen molar-refractivity contribution in [3.63, 3.8) is 0 Å². The van der Waals surface area contributed by atoms with Gasteiger partial charge >= 0.3 is 5.69 Å². The lowest BCUT2D eigenvalue weighted by atomic mass is 10.2. The van der Waals surface area contributed by atoms with Gasteiger partial charge in [0.05, 0.1) is 5.52 Å². The van der Waals surface area contributed by atoms with Crippen molar-refractivity contribution in [3.05, 3.63) is 22.7 Å². The van der Waals surface area contributed by atoms with Crippen molar-refractivity contribution < 1.29 is 0 Å². The molecule has 3 heterocycles. The third-order valence-electron chi connectivity index (χ3n) is 3.08. The molecule has 0 spiro atoms. The summed E-state index contributed by atoms with van der Waals surface area (Å²) in [5, 5.41) is 0. The van der Waals surface area contributed by atoms with E-state index < -0.39 is 0 Å². The Kier molecular flexibility index (Phi) is 1.49. The van der Waals surface area contributed by atoms with Crippen LogP contribution in [0.3, 0.4) is 0 Å². The summed E-state index contributed by atoms with van der Waals surface area (Å²) < 4.78 is 2.14. The van der Waals surface area contributed by atoms with Crippen LogP contribution < -0.4 is 10.6 Å². The maximum absolute atomic E-state index is 11.3. The Hall–Kier alpha value is -1.78. The van der Waals surface area contributed by atoms with Gasteiger partial charge in [-0.3, -0.25) is 0 Å². The predicted molar refractivity (Wildman–Crippen MR) is 58.2 cm³/mol. The van der Waals surface area contributed by atoms with Gasteiger partial charge in [0.2, 0.25) is 0 Å². The van der Waals surface area contributed by atoms with E-state index in [-0.39, 0.29) is 5.69 Å². The molecule has 1 aliphatic rings. The Balaban J connectivity index is 2.45.